The maximum absolute atomic E-state index is 13.0. The van der Waals surface area contributed by atoms with Gasteiger partial charge in [0, 0.05) is 25.7 Å². The lowest BCUT2D eigenvalue weighted by atomic mass is 9.99. The van der Waals surface area contributed by atoms with Crippen molar-refractivity contribution in [3.63, 3.8) is 0 Å². The Morgan fingerprint density at radius 2 is 1.73 bits per heavy atom. The number of sulfonamides is 1. The second kappa shape index (κ2) is 8.90. The lowest BCUT2D eigenvalue weighted by molar-refractivity contribution is 0.0683. The summed E-state index contributed by atoms with van der Waals surface area (Å²) in [7, 11) is -2.32. The van der Waals surface area contributed by atoms with Crippen LogP contribution in [-0.4, -0.2) is 41.7 Å². The van der Waals surface area contributed by atoms with E-state index in [2.05, 4.69) is 11.6 Å². The molecule has 8 nitrogen and oxygen atoms in total. The fourth-order valence-electron chi connectivity index (χ4n) is 4.21. The number of amides is 1. The Labute approximate surface area is 193 Å². The molecule has 0 spiro atoms. The third-order valence-electron chi connectivity index (χ3n) is 6.15. The van der Waals surface area contributed by atoms with Crippen molar-refractivity contribution in [2.45, 2.75) is 31.6 Å². The number of carbonyl (C=O) groups is 1. The summed E-state index contributed by atoms with van der Waals surface area (Å²) in [5.41, 5.74) is 1.09. The minimum Gasteiger partial charge on any atom is -0.338 e. The molecule has 9 heteroatoms. The number of hydrogen-bond acceptors (Lipinski definition) is 4. The van der Waals surface area contributed by atoms with Gasteiger partial charge in [0.2, 0.25) is 0 Å². The van der Waals surface area contributed by atoms with Gasteiger partial charge >= 0.3 is 0 Å². The van der Waals surface area contributed by atoms with Crippen molar-refractivity contribution in [3.05, 3.63) is 76.2 Å². The molecule has 0 aliphatic carbocycles. The molecule has 1 unspecified atom stereocenters. The average Bonchev–Trinajstić information content (AvgIpc) is 3.02. The number of anilines is 1. The molecule has 1 amide bonds. The van der Waals surface area contributed by atoms with Crippen LogP contribution in [0.15, 0.2) is 64.3 Å². The molecule has 4 rings (SSSR count). The van der Waals surface area contributed by atoms with Crippen LogP contribution < -0.4 is 10.3 Å². The molecule has 174 valence electrons. The third kappa shape index (κ3) is 4.45. The van der Waals surface area contributed by atoms with Crippen molar-refractivity contribution >= 4 is 21.6 Å². The monoisotopic (exact) mass is 468 g/mol. The van der Waals surface area contributed by atoms with Gasteiger partial charge in [-0.05, 0) is 62.1 Å². The Balaban J connectivity index is 1.59. The third-order valence-corrected chi connectivity index (χ3v) is 7.51. The van der Waals surface area contributed by atoms with Gasteiger partial charge < -0.3 is 4.90 Å². The van der Waals surface area contributed by atoms with Crippen LogP contribution in [0.25, 0.3) is 5.69 Å². The van der Waals surface area contributed by atoms with E-state index >= 15 is 0 Å². The van der Waals surface area contributed by atoms with Crippen molar-refractivity contribution < 1.29 is 13.2 Å². The summed E-state index contributed by atoms with van der Waals surface area (Å²) < 4.78 is 31.5. The predicted octanol–water partition coefficient (Wildman–Crippen LogP) is 3.16. The van der Waals surface area contributed by atoms with Crippen molar-refractivity contribution in [3.8, 4) is 5.69 Å². The zero-order chi connectivity index (χ0) is 23.8. The van der Waals surface area contributed by atoms with Crippen LogP contribution in [0.1, 0.15) is 35.8 Å². The SMILES string of the molecule is Cc1c(NS(=O)(=O)c2ccc(C(=O)N3CCCC(C)C3)cc2)c(=O)n(-c2ccccc2)n1C. The second-order valence-electron chi connectivity index (χ2n) is 8.56. The van der Waals surface area contributed by atoms with Crippen LogP contribution in [0.4, 0.5) is 5.69 Å². The Kier molecular flexibility index (Phi) is 6.16. The maximum atomic E-state index is 13.0. The zero-order valence-electron chi connectivity index (χ0n) is 19.0. The molecule has 0 bridgehead atoms. The van der Waals surface area contributed by atoms with E-state index in [0.717, 1.165) is 12.8 Å². The molecule has 1 atom stereocenters. The van der Waals surface area contributed by atoms with Crippen LogP contribution in [0.3, 0.4) is 0 Å². The molecule has 1 aliphatic heterocycles. The normalized spacial score (nSPS) is 16.6. The van der Waals surface area contributed by atoms with Gasteiger partial charge in [0.15, 0.2) is 0 Å². The topological polar surface area (TPSA) is 93.4 Å². The lowest BCUT2D eigenvalue weighted by Crippen LogP contribution is -2.39. The van der Waals surface area contributed by atoms with Crippen molar-refractivity contribution in [2.75, 3.05) is 17.8 Å². The van der Waals surface area contributed by atoms with Crippen LogP contribution in [0, 0.1) is 12.8 Å². The van der Waals surface area contributed by atoms with Gasteiger partial charge in [-0.25, -0.2) is 13.1 Å². The fourth-order valence-corrected chi connectivity index (χ4v) is 5.33. The zero-order valence-corrected chi connectivity index (χ0v) is 19.8. The molecule has 2 aromatic carbocycles. The molecular weight excluding hydrogens is 440 g/mol. The standard InChI is InChI=1S/C24H28N4O4S/c1-17-8-7-15-27(16-17)23(29)19-11-13-21(14-12-19)33(31,32)25-22-18(2)26(3)28(24(22)30)20-9-5-4-6-10-20/h4-6,9-14,17,25H,7-8,15-16H2,1-3H3. The smallest absolute Gasteiger partial charge is 0.296 e. The quantitative estimate of drug-likeness (QED) is 0.623. The lowest BCUT2D eigenvalue weighted by Gasteiger charge is -2.31. The average molecular weight is 469 g/mol. The molecule has 3 aromatic rings. The van der Waals surface area contributed by atoms with Gasteiger partial charge in [-0.15, -0.1) is 0 Å². The number of hydrogen-bond donors (Lipinski definition) is 1. The van der Waals surface area contributed by atoms with E-state index in [1.807, 2.05) is 11.0 Å². The highest BCUT2D eigenvalue weighted by Gasteiger charge is 2.25. The molecule has 1 N–H and O–H groups in total. The molecule has 0 radical (unpaired) electrons. The molecule has 2 heterocycles. The van der Waals surface area contributed by atoms with Crippen LogP contribution >= 0.6 is 0 Å². The van der Waals surface area contributed by atoms with E-state index < -0.39 is 15.6 Å². The van der Waals surface area contributed by atoms with Gasteiger partial charge in [-0.1, -0.05) is 25.1 Å². The summed E-state index contributed by atoms with van der Waals surface area (Å²) in [6.45, 7) is 5.23. The van der Waals surface area contributed by atoms with Gasteiger partial charge in [-0.3, -0.25) is 19.0 Å². The number of nitrogens with one attached hydrogen (secondary N) is 1. The summed E-state index contributed by atoms with van der Waals surface area (Å²) in [6, 6.07) is 14.9. The Morgan fingerprint density at radius 3 is 2.36 bits per heavy atom. The van der Waals surface area contributed by atoms with Gasteiger partial charge in [0.1, 0.15) is 5.69 Å². The van der Waals surface area contributed by atoms with Crippen molar-refractivity contribution in [2.24, 2.45) is 13.0 Å². The molecule has 1 aromatic heterocycles. The van der Waals surface area contributed by atoms with Crippen LogP contribution in [-0.2, 0) is 17.1 Å². The first-order chi connectivity index (χ1) is 15.7. The maximum Gasteiger partial charge on any atom is 0.296 e. The van der Waals surface area contributed by atoms with Gasteiger partial charge in [0.25, 0.3) is 21.5 Å². The molecule has 1 fully saturated rings. The molecular formula is C24H28N4O4S. The number of likely N-dealkylation sites (tertiary alicyclic amines) is 1. The summed E-state index contributed by atoms with van der Waals surface area (Å²) in [6.07, 6.45) is 2.08. The largest absolute Gasteiger partial charge is 0.338 e. The summed E-state index contributed by atoms with van der Waals surface area (Å²) in [5, 5.41) is 0. The number of nitrogens with zero attached hydrogens (tertiary/aromatic N) is 3. The Morgan fingerprint density at radius 1 is 1.06 bits per heavy atom. The minimum atomic E-state index is -4.02. The van der Waals surface area contributed by atoms with Crippen LogP contribution in [0.2, 0.25) is 0 Å². The summed E-state index contributed by atoms with van der Waals surface area (Å²) in [5.74, 6) is 0.365. The van der Waals surface area contributed by atoms with E-state index in [1.54, 1.807) is 42.9 Å². The molecule has 33 heavy (non-hydrogen) atoms. The number of para-hydroxylation sites is 1. The Hall–Kier alpha value is -3.33. The van der Waals surface area contributed by atoms with E-state index in [-0.39, 0.29) is 16.5 Å². The molecule has 0 saturated carbocycles. The van der Waals surface area contributed by atoms with Crippen molar-refractivity contribution in [1.29, 1.82) is 0 Å². The first kappa shape index (κ1) is 22.8. The minimum absolute atomic E-state index is 0.0104. The number of aromatic nitrogens is 2. The highest BCUT2D eigenvalue weighted by molar-refractivity contribution is 7.92. The highest BCUT2D eigenvalue weighted by atomic mass is 32.2. The highest BCUT2D eigenvalue weighted by Crippen LogP contribution is 2.21. The number of carbonyl (C=O) groups excluding carboxylic acids is 1. The molecule has 1 aliphatic rings. The Bertz CT molecular complexity index is 1330. The van der Waals surface area contributed by atoms with Gasteiger partial charge in [0.05, 0.1) is 16.3 Å². The van der Waals surface area contributed by atoms with Crippen LogP contribution in [0.5, 0.6) is 0 Å². The number of piperidine rings is 1. The molecule has 1 saturated heterocycles. The van der Waals surface area contributed by atoms with E-state index in [9.17, 15) is 18.0 Å². The predicted molar refractivity (Wildman–Crippen MR) is 127 cm³/mol. The first-order valence-electron chi connectivity index (χ1n) is 10.9. The summed E-state index contributed by atoms with van der Waals surface area (Å²) >= 11 is 0. The number of benzene rings is 2. The van der Waals surface area contributed by atoms with Gasteiger partial charge in [-0.2, -0.15) is 0 Å². The first-order valence-corrected chi connectivity index (χ1v) is 12.4. The fraction of sp³-hybridized carbons (Fsp3) is 0.333. The number of rotatable bonds is 5. The van der Waals surface area contributed by atoms with Crippen molar-refractivity contribution in [1.82, 2.24) is 14.3 Å². The van der Waals surface area contributed by atoms with E-state index in [4.69, 9.17) is 0 Å². The van der Waals surface area contributed by atoms with E-state index in [0.29, 0.717) is 36.0 Å². The summed E-state index contributed by atoms with van der Waals surface area (Å²) in [4.78, 5) is 27.6. The second-order valence-corrected chi connectivity index (χ2v) is 10.2. The van der Waals surface area contributed by atoms with E-state index in [1.165, 1.54) is 28.9 Å².